The normalized spacial score (nSPS) is 30.3. The Bertz CT molecular complexity index is 487. The molecule has 0 aromatic heterocycles. The Morgan fingerprint density at radius 3 is 2.67 bits per heavy atom. The fourth-order valence-electron chi connectivity index (χ4n) is 2.92. The summed E-state index contributed by atoms with van der Waals surface area (Å²) in [6.07, 6.45) is 4.12. The van der Waals surface area contributed by atoms with E-state index in [1.54, 1.807) is 6.92 Å². The Hall–Kier alpha value is -1.63. The minimum atomic E-state index is -0.832. The second-order valence-corrected chi connectivity index (χ2v) is 6.60. The first-order valence-electron chi connectivity index (χ1n) is 7.58. The van der Waals surface area contributed by atoms with Crippen molar-refractivity contribution in [2.45, 2.75) is 44.2 Å². The molecule has 0 aromatic rings. The molecule has 0 spiro atoms. The molecule has 2 saturated carbocycles. The molecule has 0 aromatic carbocycles. The topological polar surface area (TPSA) is 105 Å². The summed E-state index contributed by atoms with van der Waals surface area (Å²) in [6, 6.07) is -0.509. The summed E-state index contributed by atoms with van der Waals surface area (Å²) in [5.74, 6) is 0.0664. The van der Waals surface area contributed by atoms with E-state index >= 15 is 0 Å². The number of carbonyl (C=O) groups excluding carboxylic acids is 3. The smallest absolute Gasteiger partial charge is 0.325 e. The van der Waals surface area contributed by atoms with Crippen molar-refractivity contribution in [2.24, 2.45) is 17.6 Å². The van der Waals surface area contributed by atoms with Gasteiger partial charge in [-0.15, -0.1) is 0 Å². The van der Waals surface area contributed by atoms with E-state index in [-0.39, 0.29) is 30.3 Å². The third-order valence-electron chi connectivity index (χ3n) is 4.76. The van der Waals surface area contributed by atoms with Gasteiger partial charge in [0.05, 0.1) is 0 Å². The van der Waals surface area contributed by atoms with E-state index in [0.717, 1.165) is 30.6 Å². The predicted molar refractivity (Wildman–Crippen MR) is 75.1 cm³/mol. The molecule has 21 heavy (non-hydrogen) atoms. The predicted octanol–water partition coefficient (Wildman–Crippen LogP) is -0.440. The minimum Gasteiger partial charge on any atom is -0.353 e. The van der Waals surface area contributed by atoms with Crippen LogP contribution in [0.4, 0.5) is 4.79 Å². The lowest BCUT2D eigenvalue weighted by atomic mass is 9.96. The third-order valence-corrected chi connectivity index (χ3v) is 4.76. The molecule has 2 atom stereocenters. The van der Waals surface area contributed by atoms with Crippen molar-refractivity contribution in [3.63, 3.8) is 0 Å². The number of nitrogens with zero attached hydrogens (tertiary/aromatic N) is 1. The van der Waals surface area contributed by atoms with Crippen molar-refractivity contribution >= 4 is 17.8 Å². The summed E-state index contributed by atoms with van der Waals surface area (Å²) >= 11 is 0. The number of nitrogens with one attached hydrogen (secondary N) is 2. The standard InChI is InChI=1S/C14H22N4O3/c1-14(9-4-5-9)12(20)18(13(21)17-14)7-11(19)16-6-10(15)8-2-3-8/h8-10H,2-7,15H2,1H3,(H,16,19)(H,17,21). The van der Waals surface area contributed by atoms with Crippen molar-refractivity contribution in [2.75, 3.05) is 13.1 Å². The van der Waals surface area contributed by atoms with Gasteiger partial charge in [-0.1, -0.05) is 0 Å². The highest BCUT2D eigenvalue weighted by Gasteiger charge is 2.56. The van der Waals surface area contributed by atoms with E-state index in [4.69, 9.17) is 5.73 Å². The second kappa shape index (κ2) is 4.98. The van der Waals surface area contributed by atoms with Gasteiger partial charge in [-0.05, 0) is 44.4 Å². The van der Waals surface area contributed by atoms with E-state index in [2.05, 4.69) is 10.6 Å². The Balaban J connectivity index is 1.53. The zero-order valence-corrected chi connectivity index (χ0v) is 12.2. The summed E-state index contributed by atoms with van der Waals surface area (Å²) in [5, 5.41) is 5.43. The molecule has 7 nitrogen and oxygen atoms in total. The molecule has 0 bridgehead atoms. The van der Waals surface area contributed by atoms with Gasteiger partial charge in [0, 0.05) is 12.6 Å². The largest absolute Gasteiger partial charge is 0.353 e. The number of hydrogen-bond acceptors (Lipinski definition) is 4. The second-order valence-electron chi connectivity index (χ2n) is 6.60. The third kappa shape index (κ3) is 2.74. The van der Waals surface area contributed by atoms with Crippen molar-refractivity contribution in [1.29, 1.82) is 0 Å². The van der Waals surface area contributed by atoms with Gasteiger partial charge < -0.3 is 16.4 Å². The molecule has 4 N–H and O–H groups in total. The number of urea groups is 1. The van der Waals surface area contributed by atoms with Crippen LogP contribution in [0.5, 0.6) is 0 Å². The number of carbonyl (C=O) groups is 3. The number of imide groups is 1. The molecule has 2 unspecified atom stereocenters. The first-order valence-corrected chi connectivity index (χ1v) is 7.58. The van der Waals surface area contributed by atoms with E-state index in [1.165, 1.54) is 0 Å². The van der Waals surface area contributed by atoms with Gasteiger partial charge in [0.2, 0.25) is 5.91 Å². The SMILES string of the molecule is CC1(C2CC2)NC(=O)N(CC(=O)NCC(N)C2CC2)C1=O. The van der Waals surface area contributed by atoms with Crippen LogP contribution in [-0.2, 0) is 9.59 Å². The van der Waals surface area contributed by atoms with Crippen molar-refractivity contribution in [3.05, 3.63) is 0 Å². The minimum absolute atomic E-state index is 0.0335. The lowest BCUT2D eigenvalue weighted by molar-refractivity contribution is -0.135. The van der Waals surface area contributed by atoms with Crippen molar-refractivity contribution < 1.29 is 14.4 Å². The maximum atomic E-state index is 12.3. The molecule has 3 fully saturated rings. The zero-order valence-electron chi connectivity index (χ0n) is 12.2. The van der Waals surface area contributed by atoms with Gasteiger partial charge in [-0.3, -0.25) is 14.5 Å². The Morgan fingerprint density at radius 1 is 1.43 bits per heavy atom. The number of rotatable bonds is 6. The number of amides is 4. The summed E-state index contributed by atoms with van der Waals surface area (Å²) in [7, 11) is 0. The van der Waals surface area contributed by atoms with E-state index in [0.29, 0.717) is 12.5 Å². The van der Waals surface area contributed by atoms with Crippen LogP contribution in [0.25, 0.3) is 0 Å². The average Bonchev–Trinajstić information content (AvgIpc) is 3.30. The molecule has 1 aliphatic heterocycles. The van der Waals surface area contributed by atoms with Gasteiger partial charge in [0.25, 0.3) is 5.91 Å². The summed E-state index contributed by atoms with van der Waals surface area (Å²) in [6.45, 7) is 1.91. The van der Waals surface area contributed by atoms with Gasteiger partial charge in [0.1, 0.15) is 12.1 Å². The number of hydrogen-bond donors (Lipinski definition) is 3. The molecule has 1 saturated heterocycles. The Morgan fingerprint density at radius 2 is 2.10 bits per heavy atom. The van der Waals surface area contributed by atoms with Crippen LogP contribution in [0.15, 0.2) is 0 Å². The van der Waals surface area contributed by atoms with Gasteiger partial charge in [-0.25, -0.2) is 4.79 Å². The molecule has 7 heteroatoms. The van der Waals surface area contributed by atoms with Crippen LogP contribution in [0.2, 0.25) is 0 Å². The lowest BCUT2D eigenvalue weighted by Crippen LogP contribution is -2.47. The summed E-state index contributed by atoms with van der Waals surface area (Å²) in [5.41, 5.74) is 5.07. The highest BCUT2D eigenvalue weighted by Crippen LogP contribution is 2.42. The van der Waals surface area contributed by atoms with Gasteiger partial charge in [-0.2, -0.15) is 0 Å². The van der Waals surface area contributed by atoms with Crippen molar-refractivity contribution in [3.8, 4) is 0 Å². The summed E-state index contributed by atoms with van der Waals surface area (Å²) < 4.78 is 0. The maximum Gasteiger partial charge on any atom is 0.325 e. The highest BCUT2D eigenvalue weighted by atomic mass is 16.2. The molecule has 3 rings (SSSR count). The van der Waals surface area contributed by atoms with Gasteiger partial charge in [0.15, 0.2) is 0 Å². The summed E-state index contributed by atoms with van der Waals surface area (Å²) in [4.78, 5) is 37.2. The molecule has 0 radical (unpaired) electrons. The molecule has 4 amide bonds. The number of nitrogens with two attached hydrogens (primary N) is 1. The van der Waals surface area contributed by atoms with Crippen LogP contribution < -0.4 is 16.4 Å². The first-order chi connectivity index (χ1) is 9.91. The molecule has 1 heterocycles. The van der Waals surface area contributed by atoms with E-state index in [9.17, 15) is 14.4 Å². The molecule has 116 valence electrons. The lowest BCUT2D eigenvalue weighted by Gasteiger charge is -2.21. The maximum absolute atomic E-state index is 12.3. The monoisotopic (exact) mass is 294 g/mol. The molecular formula is C14H22N4O3. The van der Waals surface area contributed by atoms with E-state index in [1.807, 2.05) is 0 Å². The zero-order chi connectivity index (χ0) is 15.2. The molecular weight excluding hydrogens is 272 g/mol. The fourth-order valence-corrected chi connectivity index (χ4v) is 2.92. The van der Waals surface area contributed by atoms with Crippen LogP contribution >= 0.6 is 0 Å². The average molecular weight is 294 g/mol. The van der Waals surface area contributed by atoms with Gasteiger partial charge >= 0.3 is 6.03 Å². The molecule has 3 aliphatic rings. The van der Waals surface area contributed by atoms with Crippen LogP contribution in [0.1, 0.15) is 32.6 Å². The quantitative estimate of drug-likeness (QED) is 0.578. The molecule has 2 aliphatic carbocycles. The van der Waals surface area contributed by atoms with E-state index < -0.39 is 11.6 Å². The Labute approximate surface area is 123 Å². The first kappa shape index (κ1) is 14.3. The van der Waals surface area contributed by atoms with Crippen LogP contribution in [0.3, 0.4) is 0 Å². The highest BCUT2D eigenvalue weighted by molar-refractivity contribution is 6.09. The van der Waals surface area contributed by atoms with Crippen LogP contribution in [-0.4, -0.2) is 47.4 Å². The fraction of sp³-hybridized carbons (Fsp3) is 0.786. The Kier molecular flexibility index (Phi) is 3.39. The van der Waals surface area contributed by atoms with Crippen molar-refractivity contribution in [1.82, 2.24) is 15.5 Å². The van der Waals surface area contributed by atoms with Crippen LogP contribution in [0, 0.1) is 11.8 Å².